The monoisotopic (exact) mass is 443 g/mol. The van der Waals surface area contributed by atoms with Crippen molar-refractivity contribution in [3.8, 4) is 0 Å². The van der Waals surface area contributed by atoms with E-state index >= 15 is 0 Å². The second kappa shape index (κ2) is 11.4. The lowest BCUT2D eigenvalue weighted by Gasteiger charge is -2.29. The Bertz CT molecular complexity index is 755. The fourth-order valence-electron chi connectivity index (χ4n) is 4.14. The molecule has 2 N–H and O–H groups in total. The first-order chi connectivity index (χ1) is 14.3. The van der Waals surface area contributed by atoms with Gasteiger partial charge >= 0.3 is 6.03 Å². The van der Waals surface area contributed by atoms with Gasteiger partial charge in [0.1, 0.15) is 5.82 Å². The molecule has 1 aromatic rings. The highest BCUT2D eigenvalue weighted by atomic mass is 35.5. The van der Waals surface area contributed by atoms with Gasteiger partial charge < -0.3 is 15.2 Å². The first-order valence-electron chi connectivity index (χ1n) is 10.6. The Labute approximate surface area is 182 Å². The van der Waals surface area contributed by atoms with E-state index in [0.29, 0.717) is 29.6 Å². The number of aromatic nitrogens is 3. The summed E-state index contributed by atoms with van der Waals surface area (Å²) < 4.78 is 27.5. The van der Waals surface area contributed by atoms with E-state index in [0.717, 1.165) is 31.3 Å². The number of urea groups is 1. The van der Waals surface area contributed by atoms with Crippen LogP contribution in [-0.4, -0.2) is 32.9 Å². The van der Waals surface area contributed by atoms with Gasteiger partial charge in [0.25, 0.3) is 6.43 Å². The van der Waals surface area contributed by atoms with Crippen molar-refractivity contribution in [2.24, 2.45) is 5.92 Å². The van der Waals surface area contributed by atoms with E-state index in [-0.39, 0.29) is 30.5 Å². The lowest BCUT2D eigenvalue weighted by Crippen LogP contribution is -2.50. The number of aryl methyl sites for hydroxylation is 1. The van der Waals surface area contributed by atoms with Crippen LogP contribution in [0.25, 0.3) is 0 Å². The molecule has 3 rings (SSSR count). The molecule has 2 unspecified atom stereocenters. The Kier molecular flexibility index (Phi) is 9.27. The lowest BCUT2D eigenvalue weighted by atomic mass is 9.92. The fraction of sp³-hybridized carbons (Fsp3) is 0.667. The highest BCUT2D eigenvalue weighted by molar-refractivity contribution is 6.29. The van der Waals surface area contributed by atoms with Crippen LogP contribution in [0.4, 0.5) is 13.6 Å². The van der Waals surface area contributed by atoms with Gasteiger partial charge in [0, 0.05) is 24.0 Å². The van der Waals surface area contributed by atoms with Gasteiger partial charge in [-0.05, 0) is 43.8 Å². The van der Waals surface area contributed by atoms with Gasteiger partial charge in [-0.3, -0.25) is 0 Å². The van der Waals surface area contributed by atoms with Gasteiger partial charge in [0.15, 0.2) is 5.82 Å². The van der Waals surface area contributed by atoms with Crippen LogP contribution < -0.4 is 10.6 Å². The highest BCUT2D eigenvalue weighted by Gasteiger charge is 2.30. The van der Waals surface area contributed by atoms with E-state index < -0.39 is 6.43 Å². The van der Waals surface area contributed by atoms with Crippen LogP contribution in [0.2, 0.25) is 0 Å². The summed E-state index contributed by atoms with van der Waals surface area (Å²) in [6.07, 6.45) is 4.56. The van der Waals surface area contributed by atoms with Crippen LogP contribution in [0.1, 0.15) is 70.9 Å². The van der Waals surface area contributed by atoms with Crippen molar-refractivity contribution in [3.05, 3.63) is 34.9 Å². The second-order valence-electron chi connectivity index (χ2n) is 7.57. The van der Waals surface area contributed by atoms with Gasteiger partial charge in [-0.25, -0.2) is 13.6 Å². The van der Waals surface area contributed by atoms with Gasteiger partial charge in [-0.15, -0.1) is 10.2 Å². The SMILES string of the molecule is C=C(/C=C(\C)Cl)C(NC(=O)NC1CCc2nnc(C(F)F)n2C1)C1CCCC1.CC. The maximum absolute atomic E-state index is 13.1. The molecule has 0 saturated heterocycles. The third-order valence-corrected chi connectivity index (χ3v) is 5.56. The number of fused-ring (bicyclic) bond motifs is 1. The molecule has 1 fully saturated rings. The standard InChI is InChI=1S/C19H26ClF2N5O.C2H6/c1-11(9-12(2)20)16(13-5-3-4-6-13)24-19(28)23-14-7-8-15-25-26-18(17(21)22)27(15)10-14;1-2/h9,13-14,16-17H,1,3-8,10H2,2H3,(H2,23,24,28);1-2H3/b12-9+;. The minimum atomic E-state index is -2.69. The number of amides is 2. The molecule has 168 valence electrons. The molecule has 2 amide bonds. The summed E-state index contributed by atoms with van der Waals surface area (Å²) in [6.45, 7) is 10.1. The number of carbonyl (C=O) groups is 1. The molecule has 1 aliphatic heterocycles. The zero-order chi connectivity index (χ0) is 22.3. The number of allylic oxidation sites excluding steroid dienone is 1. The van der Waals surface area contributed by atoms with E-state index in [1.165, 1.54) is 4.57 Å². The summed E-state index contributed by atoms with van der Waals surface area (Å²) in [6, 6.07) is -0.774. The third-order valence-electron chi connectivity index (χ3n) is 5.45. The predicted molar refractivity (Wildman–Crippen MR) is 115 cm³/mol. The number of nitrogens with one attached hydrogen (secondary N) is 2. The van der Waals surface area contributed by atoms with Gasteiger partial charge in [0.05, 0.1) is 6.04 Å². The number of hydrogen-bond donors (Lipinski definition) is 2. The Morgan fingerprint density at radius 3 is 2.53 bits per heavy atom. The lowest BCUT2D eigenvalue weighted by molar-refractivity contribution is 0.132. The van der Waals surface area contributed by atoms with Crippen molar-refractivity contribution in [3.63, 3.8) is 0 Å². The average Bonchev–Trinajstić information content (AvgIpc) is 3.36. The zero-order valence-corrected chi connectivity index (χ0v) is 18.7. The Balaban J connectivity index is 0.00000155. The van der Waals surface area contributed by atoms with E-state index in [2.05, 4.69) is 27.4 Å². The fourth-order valence-corrected chi connectivity index (χ4v) is 4.28. The van der Waals surface area contributed by atoms with E-state index in [4.69, 9.17) is 11.6 Å². The smallest absolute Gasteiger partial charge is 0.315 e. The first kappa shape index (κ1) is 24.3. The Morgan fingerprint density at radius 2 is 1.93 bits per heavy atom. The molecule has 6 nitrogen and oxygen atoms in total. The number of rotatable bonds is 6. The molecule has 1 aromatic heterocycles. The van der Waals surface area contributed by atoms with Crippen molar-refractivity contribution >= 4 is 17.6 Å². The van der Waals surface area contributed by atoms with Crippen LogP contribution >= 0.6 is 11.6 Å². The van der Waals surface area contributed by atoms with Crippen LogP contribution in [0.3, 0.4) is 0 Å². The highest BCUT2D eigenvalue weighted by Crippen LogP contribution is 2.31. The van der Waals surface area contributed by atoms with Crippen molar-refractivity contribution in [1.29, 1.82) is 0 Å². The molecule has 1 saturated carbocycles. The Hall–Kier alpha value is -1.96. The summed E-state index contributed by atoms with van der Waals surface area (Å²) in [5.74, 6) is 0.516. The zero-order valence-electron chi connectivity index (χ0n) is 17.9. The van der Waals surface area contributed by atoms with E-state index in [1.807, 2.05) is 13.8 Å². The molecular formula is C21H32ClF2N5O. The van der Waals surface area contributed by atoms with Crippen LogP contribution in [0, 0.1) is 5.92 Å². The second-order valence-corrected chi connectivity index (χ2v) is 8.16. The molecule has 9 heteroatoms. The average molecular weight is 444 g/mol. The number of carbonyl (C=O) groups excluding carboxylic acids is 1. The molecule has 0 bridgehead atoms. The molecule has 2 heterocycles. The predicted octanol–water partition coefficient (Wildman–Crippen LogP) is 5.11. The summed E-state index contributed by atoms with van der Waals surface area (Å²) >= 11 is 5.99. The van der Waals surface area contributed by atoms with Crippen molar-refractivity contribution in [1.82, 2.24) is 25.4 Å². The molecule has 2 aliphatic rings. The minimum Gasteiger partial charge on any atom is -0.334 e. The summed E-state index contributed by atoms with van der Waals surface area (Å²) in [5.41, 5.74) is 0.777. The molecular weight excluding hydrogens is 412 g/mol. The molecule has 30 heavy (non-hydrogen) atoms. The maximum atomic E-state index is 13.1. The maximum Gasteiger partial charge on any atom is 0.315 e. The molecule has 2 atom stereocenters. The van der Waals surface area contributed by atoms with Crippen LogP contribution in [0.15, 0.2) is 23.3 Å². The summed E-state index contributed by atoms with van der Waals surface area (Å²) in [7, 11) is 0. The molecule has 1 aliphatic carbocycles. The van der Waals surface area contributed by atoms with Crippen molar-refractivity contribution < 1.29 is 13.6 Å². The Morgan fingerprint density at radius 1 is 1.27 bits per heavy atom. The van der Waals surface area contributed by atoms with Crippen molar-refractivity contribution in [2.45, 2.75) is 84.4 Å². The molecule has 0 aromatic carbocycles. The van der Waals surface area contributed by atoms with Gasteiger partial charge in [0.2, 0.25) is 0 Å². The minimum absolute atomic E-state index is 0.193. The topological polar surface area (TPSA) is 71.8 Å². The quantitative estimate of drug-likeness (QED) is 0.600. The summed E-state index contributed by atoms with van der Waals surface area (Å²) in [4.78, 5) is 12.6. The molecule has 0 spiro atoms. The van der Waals surface area contributed by atoms with E-state index in [9.17, 15) is 13.6 Å². The first-order valence-corrected chi connectivity index (χ1v) is 11.0. The summed E-state index contributed by atoms with van der Waals surface area (Å²) in [5, 5.41) is 13.9. The van der Waals surface area contributed by atoms with Crippen molar-refractivity contribution in [2.75, 3.05) is 0 Å². The van der Waals surface area contributed by atoms with Crippen LogP contribution in [0.5, 0.6) is 0 Å². The number of nitrogens with zero attached hydrogens (tertiary/aromatic N) is 3. The molecule has 0 radical (unpaired) electrons. The van der Waals surface area contributed by atoms with Gasteiger partial charge in [-0.2, -0.15) is 0 Å². The van der Waals surface area contributed by atoms with E-state index in [1.54, 1.807) is 13.0 Å². The van der Waals surface area contributed by atoms with Crippen LogP contribution in [-0.2, 0) is 13.0 Å². The van der Waals surface area contributed by atoms with Gasteiger partial charge in [-0.1, -0.05) is 44.9 Å². The normalized spacial score (nSPS) is 20.2. The third kappa shape index (κ3) is 6.27. The largest absolute Gasteiger partial charge is 0.334 e. The number of halogens is 3. The number of hydrogen-bond acceptors (Lipinski definition) is 3. The number of alkyl halides is 2.